The Bertz CT molecular complexity index is 540. The fourth-order valence-corrected chi connectivity index (χ4v) is 2.71. The van der Waals surface area contributed by atoms with E-state index in [0.717, 1.165) is 25.0 Å². The molecule has 2 fully saturated rings. The van der Waals surface area contributed by atoms with Crippen molar-refractivity contribution < 1.29 is 13.7 Å². The van der Waals surface area contributed by atoms with E-state index in [9.17, 15) is 18.9 Å². The van der Waals surface area contributed by atoms with E-state index in [1.165, 1.54) is 12.8 Å². The summed E-state index contributed by atoms with van der Waals surface area (Å²) in [4.78, 5) is 10.2. The quantitative estimate of drug-likeness (QED) is 0.657. The molecule has 2 saturated carbocycles. The Balaban J connectivity index is 1.82. The molecule has 0 radical (unpaired) electrons. The van der Waals surface area contributed by atoms with Crippen molar-refractivity contribution >= 4 is 11.4 Å². The molecule has 1 N–H and O–H groups in total. The Kier molecular flexibility index (Phi) is 2.69. The number of hydrogen-bond acceptors (Lipinski definition) is 3. The zero-order valence-corrected chi connectivity index (χ0v) is 10.3. The lowest BCUT2D eigenvalue weighted by atomic mass is 10.0. The lowest BCUT2D eigenvalue weighted by Crippen LogP contribution is -2.19. The van der Waals surface area contributed by atoms with Gasteiger partial charge in [0.05, 0.1) is 4.92 Å². The first-order valence-electron chi connectivity index (χ1n) is 6.40. The number of nitro groups is 1. The Morgan fingerprint density at radius 2 is 2.05 bits per heavy atom. The molecule has 2 aliphatic carbocycles. The van der Waals surface area contributed by atoms with E-state index in [4.69, 9.17) is 0 Å². The maximum atomic E-state index is 13.7. The number of rotatable bonds is 5. The average Bonchev–Trinajstić information content (AvgIpc) is 3.24. The van der Waals surface area contributed by atoms with Crippen LogP contribution in [0.5, 0.6) is 0 Å². The third-order valence-corrected chi connectivity index (χ3v) is 4.22. The van der Waals surface area contributed by atoms with Crippen LogP contribution in [-0.4, -0.2) is 11.5 Å². The first-order chi connectivity index (χ1) is 9.03. The average molecular weight is 268 g/mol. The zero-order valence-electron chi connectivity index (χ0n) is 10.3. The molecular formula is C13H14F2N2O2. The van der Waals surface area contributed by atoms with E-state index >= 15 is 0 Å². The van der Waals surface area contributed by atoms with Crippen LogP contribution in [0.4, 0.5) is 20.2 Å². The summed E-state index contributed by atoms with van der Waals surface area (Å²) in [5.41, 5.74) is -0.575. The van der Waals surface area contributed by atoms with Gasteiger partial charge in [-0.1, -0.05) is 0 Å². The molecule has 6 heteroatoms. The van der Waals surface area contributed by atoms with Crippen LogP contribution >= 0.6 is 0 Å². The van der Waals surface area contributed by atoms with Gasteiger partial charge in [-0.25, -0.2) is 8.78 Å². The smallest absolute Gasteiger partial charge is 0.295 e. The van der Waals surface area contributed by atoms with E-state index in [2.05, 4.69) is 5.32 Å². The lowest BCUT2D eigenvalue weighted by Gasteiger charge is -2.16. The van der Waals surface area contributed by atoms with Crippen LogP contribution in [0.1, 0.15) is 25.7 Å². The number of nitro benzene ring substituents is 1. The summed E-state index contributed by atoms with van der Waals surface area (Å²) in [5.74, 6) is -1.58. The van der Waals surface area contributed by atoms with E-state index in [1.807, 2.05) is 0 Å². The van der Waals surface area contributed by atoms with Gasteiger partial charge in [0.25, 0.3) is 5.69 Å². The molecule has 3 rings (SSSR count). The van der Waals surface area contributed by atoms with Crippen LogP contribution in [0, 0.1) is 33.1 Å². The molecule has 0 aromatic heterocycles. The summed E-state index contributed by atoms with van der Waals surface area (Å²) in [5, 5.41) is 13.6. The van der Waals surface area contributed by atoms with Crippen LogP contribution in [0.3, 0.4) is 0 Å². The normalized spacial score (nSPS) is 20.1. The van der Waals surface area contributed by atoms with E-state index in [1.54, 1.807) is 0 Å². The van der Waals surface area contributed by atoms with Gasteiger partial charge in [-0.05, 0) is 43.1 Å². The van der Waals surface area contributed by atoms with Crippen molar-refractivity contribution in [2.24, 2.45) is 11.3 Å². The maximum Gasteiger partial charge on any atom is 0.295 e. The SMILES string of the molecule is O=[N+]([O-])c1ccc(F)c(F)c1NCC1(C2CC2)CC1. The predicted molar refractivity (Wildman–Crippen MR) is 65.9 cm³/mol. The van der Waals surface area contributed by atoms with Crippen LogP contribution in [-0.2, 0) is 0 Å². The van der Waals surface area contributed by atoms with Crippen molar-refractivity contribution in [1.82, 2.24) is 0 Å². The summed E-state index contributed by atoms with van der Waals surface area (Å²) in [6.07, 6.45) is 4.48. The molecule has 4 nitrogen and oxygen atoms in total. The van der Waals surface area contributed by atoms with Gasteiger partial charge in [0, 0.05) is 12.6 Å². The third kappa shape index (κ3) is 2.15. The number of nitrogens with zero attached hydrogens (tertiary/aromatic N) is 1. The second-order valence-electron chi connectivity index (χ2n) is 5.50. The van der Waals surface area contributed by atoms with E-state index < -0.39 is 22.2 Å². The number of nitrogens with one attached hydrogen (secondary N) is 1. The minimum Gasteiger partial charge on any atom is -0.376 e. The molecular weight excluding hydrogens is 254 g/mol. The highest BCUT2D eigenvalue weighted by Gasteiger charge is 2.53. The summed E-state index contributed by atoms with van der Waals surface area (Å²) in [6, 6.07) is 1.78. The van der Waals surface area contributed by atoms with Crippen LogP contribution in [0.25, 0.3) is 0 Å². The van der Waals surface area contributed by atoms with Gasteiger partial charge in [0.1, 0.15) is 0 Å². The minimum atomic E-state index is -1.17. The Hall–Kier alpha value is -1.72. The number of hydrogen-bond donors (Lipinski definition) is 1. The Morgan fingerprint density at radius 3 is 2.58 bits per heavy atom. The van der Waals surface area contributed by atoms with Gasteiger partial charge in [-0.3, -0.25) is 10.1 Å². The van der Waals surface area contributed by atoms with Crippen LogP contribution < -0.4 is 5.32 Å². The van der Waals surface area contributed by atoms with Gasteiger partial charge < -0.3 is 5.32 Å². The van der Waals surface area contributed by atoms with Crippen molar-refractivity contribution in [3.8, 4) is 0 Å². The summed E-state index contributed by atoms with van der Waals surface area (Å²) < 4.78 is 26.9. The van der Waals surface area contributed by atoms with Gasteiger partial charge >= 0.3 is 0 Å². The van der Waals surface area contributed by atoms with Gasteiger partial charge in [-0.15, -0.1) is 0 Å². The molecule has 0 atom stereocenters. The fourth-order valence-electron chi connectivity index (χ4n) is 2.71. The molecule has 0 spiro atoms. The number of benzene rings is 1. The molecule has 0 aliphatic heterocycles. The molecule has 2 aliphatic rings. The summed E-state index contributed by atoms with van der Waals surface area (Å²) in [6.45, 7) is 0.485. The first kappa shape index (κ1) is 12.3. The molecule has 102 valence electrons. The Labute approximate surface area is 109 Å². The minimum absolute atomic E-state index is 0.159. The Morgan fingerprint density at radius 1 is 1.37 bits per heavy atom. The van der Waals surface area contributed by atoms with Crippen LogP contribution in [0.15, 0.2) is 12.1 Å². The second-order valence-corrected chi connectivity index (χ2v) is 5.50. The standard InChI is InChI=1S/C13H14F2N2O2/c14-9-3-4-10(17(18)19)12(11(9)15)16-7-13(5-6-13)8-1-2-8/h3-4,8,16H,1-2,5-7H2. The highest BCUT2D eigenvalue weighted by Crippen LogP contribution is 2.61. The third-order valence-electron chi connectivity index (χ3n) is 4.22. The van der Waals surface area contributed by atoms with Gasteiger partial charge in [0.2, 0.25) is 0 Å². The molecule has 1 aromatic carbocycles. The van der Waals surface area contributed by atoms with Crippen molar-refractivity contribution in [3.63, 3.8) is 0 Å². The molecule has 0 saturated heterocycles. The van der Waals surface area contributed by atoms with Gasteiger partial charge in [-0.2, -0.15) is 0 Å². The molecule has 0 heterocycles. The fraction of sp³-hybridized carbons (Fsp3) is 0.538. The zero-order chi connectivity index (χ0) is 13.6. The van der Waals surface area contributed by atoms with E-state index in [0.29, 0.717) is 12.5 Å². The lowest BCUT2D eigenvalue weighted by molar-refractivity contribution is -0.384. The molecule has 0 bridgehead atoms. The monoisotopic (exact) mass is 268 g/mol. The summed E-state index contributed by atoms with van der Waals surface area (Å²) >= 11 is 0. The molecule has 1 aromatic rings. The highest BCUT2D eigenvalue weighted by atomic mass is 19.2. The maximum absolute atomic E-state index is 13.7. The highest BCUT2D eigenvalue weighted by molar-refractivity contribution is 5.62. The van der Waals surface area contributed by atoms with Gasteiger partial charge in [0.15, 0.2) is 17.3 Å². The largest absolute Gasteiger partial charge is 0.376 e. The van der Waals surface area contributed by atoms with Crippen molar-refractivity contribution in [1.29, 1.82) is 0 Å². The predicted octanol–water partition coefficient (Wildman–Crippen LogP) is 3.48. The summed E-state index contributed by atoms with van der Waals surface area (Å²) in [7, 11) is 0. The second kappa shape index (κ2) is 4.15. The topological polar surface area (TPSA) is 55.2 Å². The van der Waals surface area contributed by atoms with Crippen LogP contribution in [0.2, 0.25) is 0 Å². The van der Waals surface area contributed by atoms with Crippen molar-refractivity contribution in [2.45, 2.75) is 25.7 Å². The number of anilines is 1. The van der Waals surface area contributed by atoms with Crippen molar-refractivity contribution in [3.05, 3.63) is 33.9 Å². The molecule has 19 heavy (non-hydrogen) atoms. The van der Waals surface area contributed by atoms with Crippen molar-refractivity contribution in [2.75, 3.05) is 11.9 Å². The number of halogens is 2. The molecule has 0 unspecified atom stereocenters. The first-order valence-corrected chi connectivity index (χ1v) is 6.40. The molecule has 0 amide bonds. The van der Waals surface area contributed by atoms with E-state index in [-0.39, 0.29) is 11.1 Å².